The number of hydrogen-bond acceptors (Lipinski definition) is 4. The van der Waals surface area contributed by atoms with Crippen LogP contribution in [0, 0.1) is 11.3 Å². The number of fused-ring (bicyclic) bond motifs is 2. The van der Waals surface area contributed by atoms with E-state index in [4.69, 9.17) is 9.47 Å². The lowest BCUT2D eigenvalue weighted by Gasteiger charge is -2.58. The first kappa shape index (κ1) is 15.0. The number of ether oxygens (including phenoxy) is 2. The van der Waals surface area contributed by atoms with Crippen LogP contribution >= 0.6 is 0 Å². The standard InChI is InChI=1S/C17H26O4/c1-5-20-17-10-16(19)8-6-7-11(2)15(16,4)9-13(17)12(3)14(18)21-17/h11,19H,5-10H2,1-4H3/t11-,15+,16-,17+/m0/s1. The van der Waals surface area contributed by atoms with Gasteiger partial charge in [-0.15, -0.1) is 0 Å². The van der Waals surface area contributed by atoms with Gasteiger partial charge in [0, 0.05) is 29.6 Å². The summed E-state index contributed by atoms with van der Waals surface area (Å²) in [7, 11) is 0. The van der Waals surface area contributed by atoms with Gasteiger partial charge in [-0.25, -0.2) is 4.79 Å². The summed E-state index contributed by atoms with van der Waals surface area (Å²) in [5.41, 5.74) is 0.588. The first-order chi connectivity index (χ1) is 9.78. The summed E-state index contributed by atoms with van der Waals surface area (Å²) in [5, 5.41) is 11.3. The quantitative estimate of drug-likeness (QED) is 0.796. The topological polar surface area (TPSA) is 55.8 Å². The summed E-state index contributed by atoms with van der Waals surface area (Å²) < 4.78 is 11.5. The molecule has 0 saturated heterocycles. The third-order valence-corrected chi connectivity index (χ3v) is 6.30. The Morgan fingerprint density at radius 3 is 2.86 bits per heavy atom. The molecule has 4 atom stereocenters. The zero-order valence-corrected chi connectivity index (χ0v) is 13.5. The molecule has 3 rings (SSSR count). The molecule has 4 nitrogen and oxygen atoms in total. The molecule has 0 aromatic rings. The number of rotatable bonds is 2. The van der Waals surface area contributed by atoms with Gasteiger partial charge in [-0.1, -0.05) is 20.3 Å². The lowest BCUT2D eigenvalue weighted by atomic mass is 9.51. The van der Waals surface area contributed by atoms with Crippen LogP contribution in [0.15, 0.2) is 11.1 Å². The van der Waals surface area contributed by atoms with E-state index in [1.165, 1.54) is 0 Å². The molecule has 1 aliphatic heterocycles. The van der Waals surface area contributed by atoms with Crippen LogP contribution in [0.4, 0.5) is 0 Å². The highest BCUT2D eigenvalue weighted by Gasteiger charge is 2.65. The largest absolute Gasteiger partial charge is 0.425 e. The fraction of sp³-hybridized carbons (Fsp3) is 0.824. The van der Waals surface area contributed by atoms with Gasteiger partial charge >= 0.3 is 5.97 Å². The molecule has 2 aliphatic carbocycles. The van der Waals surface area contributed by atoms with Crippen molar-refractivity contribution in [1.82, 2.24) is 0 Å². The molecule has 2 fully saturated rings. The Kier molecular flexibility index (Phi) is 3.27. The molecule has 0 aromatic carbocycles. The highest BCUT2D eigenvalue weighted by atomic mass is 16.7. The molecule has 1 heterocycles. The normalized spacial score (nSPS) is 46.1. The second-order valence-electron chi connectivity index (χ2n) is 7.27. The van der Waals surface area contributed by atoms with Gasteiger partial charge < -0.3 is 14.6 Å². The summed E-state index contributed by atoms with van der Waals surface area (Å²) in [4.78, 5) is 12.1. The Morgan fingerprint density at radius 2 is 2.19 bits per heavy atom. The van der Waals surface area contributed by atoms with E-state index in [1.807, 2.05) is 13.8 Å². The van der Waals surface area contributed by atoms with Crippen molar-refractivity contribution < 1.29 is 19.4 Å². The third-order valence-electron chi connectivity index (χ3n) is 6.30. The van der Waals surface area contributed by atoms with Gasteiger partial charge in [0.15, 0.2) is 0 Å². The molecule has 1 N–H and O–H groups in total. The molecule has 0 spiro atoms. The number of carbonyl (C=O) groups is 1. The van der Waals surface area contributed by atoms with E-state index in [0.717, 1.165) is 24.8 Å². The maximum absolute atomic E-state index is 12.1. The van der Waals surface area contributed by atoms with Gasteiger partial charge in [0.1, 0.15) is 0 Å². The summed E-state index contributed by atoms with van der Waals surface area (Å²) >= 11 is 0. The van der Waals surface area contributed by atoms with Gasteiger partial charge in [0.2, 0.25) is 5.79 Å². The minimum atomic E-state index is -1.03. The van der Waals surface area contributed by atoms with Crippen molar-refractivity contribution >= 4 is 5.97 Å². The molecule has 118 valence electrons. The van der Waals surface area contributed by atoms with Crippen LogP contribution < -0.4 is 0 Å². The summed E-state index contributed by atoms with van der Waals surface area (Å²) in [5.74, 6) is -0.898. The van der Waals surface area contributed by atoms with Crippen molar-refractivity contribution in [2.45, 2.75) is 71.2 Å². The molecular weight excluding hydrogens is 268 g/mol. The molecule has 21 heavy (non-hydrogen) atoms. The Balaban J connectivity index is 2.09. The summed E-state index contributed by atoms with van der Waals surface area (Å²) in [6.07, 6.45) is 3.95. The highest BCUT2D eigenvalue weighted by molar-refractivity contribution is 5.92. The number of aliphatic hydroxyl groups is 1. The van der Waals surface area contributed by atoms with E-state index in [2.05, 4.69) is 13.8 Å². The predicted octanol–water partition coefficient (Wildman–Crippen LogP) is 2.94. The van der Waals surface area contributed by atoms with E-state index >= 15 is 0 Å². The molecule has 4 heteroatoms. The van der Waals surface area contributed by atoms with Crippen molar-refractivity contribution in [3.05, 3.63) is 11.1 Å². The van der Waals surface area contributed by atoms with Crippen LogP contribution in [0.1, 0.15) is 59.8 Å². The van der Waals surface area contributed by atoms with E-state index in [9.17, 15) is 9.90 Å². The maximum atomic E-state index is 12.1. The molecule has 0 radical (unpaired) electrons. The number of hydrogen-bond donors (Lipinski definition) is 1. The van der Waals surface area contributed by atoms with Crippen molar-refractivity contribution in [2.24, 2.45) is 11.3 Å². The molecular formula is C17H26O4. The Morgan fingerprint density at radius 1 is 1.48 bits per heavy atom. The number of carbonyl (C=O) groups excluding carboxylic acids is 1. The van der Waals surface area contributed by atoms with Crippen LogP contribution in [0.3, 0.4) is 0 Å². The molecule has 0 aromatic heterocycles. The second kappa shape index (κ2) is 4.56. The lowest BCUT2D eigenvalue weighted by molar-refractivity contribution is -0.263. The van der Waals surface area contributed by atoms with Crippen LogP contribution in [-0.4, -0.2) is 29.1 Å². The average Bonchev–Trinajstić information content (AvgIpc) is 2.62. The highest BCUT2D eigenvalue weighted by Crippen LogP contribution is 2.62. The van der Waals surface area contributed by atoms with Gasteiger partial charge in [0.25, 0.3) is 0 Å². The molecule has 3 aliphatic rings. The average molecular weight is 294 g/mol. The maximum Gasteiger partial charge on any atom is 0.336 e. The molecule has 0 unspecified atom stereocenters. The van der Waals surface area contributed by atoms with Crippen LogP contribution in [0.25, 0.3) is 0 Å². The fourth-order valence-electron chi connectivity index (χ4n) is 4.65. The van der Waals surface area contributed by atoms with Crippen molar-refractivity contribution in [3.8, 4) is 0 Å². The summed E-state index contributed by atoms with van der Waals surface area (Å²) in [6.45, 7) is 8.56. The monoisotopic (exact) mass is 294 g/mol. The minimum Gasteiger partial charge on any atom is -0.425 e. The summed E-state index contributed by atoms with van der Waals surface area (Å²) in [6, 6.07) is 0. The van der Waals surface area contributed by atoms with E-state index in [-0.39, 0.29) is 11.4 Å². The van der Waals surface area contributed by atoms with Crippen LogP contribution in [-0.2, 0) is 14.3 Å². The zero-order chi connectivity index (χ0) is 15.5. The smallest absolute Gasteiger partial charge is 0.336 e. The fourth-order valence-corrected chi connectivity index (χ4v) is 4.65. The van der Waals surface area contributed by atoms with E-state index in [0.29, 0.717) is 30.9 Å². The Bertz CT molecular complexity index is 511. The first-order valence-electron chi connectivity index (χ1n) is 8.08. The van der Waals surface area contributed by atoms with Gasteiger partial charge in [0.05, 0.1) is 5.60 Å². The van der Waals surface area contributed by atoms with Gasteiger partial charge in [-0.05, 0) is 39.0 Å². The predicted molar refractivity (Wildman–Crippen MR) is 78.5 cm³/mol. The molecule has 2 saturated carbocycles. The zero-order valence-electron chi connectivity index (χ0n) is 13.5. The molecule has 0 bridgehead atoms. The SMILES string of the molecule is CCO[C@@]12C[C@@]3(O)CCC[C@H](C)[C@@]3(C)CC1=C(C)C(=O)O2. The van der Waals surface area contributed by atoms with Gasteiger partial charge in [-0.2, -0.15) is 0 Å². The Hall–Kier alpha value is -0.870. The van der Waals surface area contributed by atoms with Crippen molar-refractivity contribution in [2.75, 3.05) is 6.61 Å². The van der Waals surface area contributed by atoms with Crippen molar-refractivity contribution in [1.29, 1.82) is 0 Å². The van der Waals surface area contributed by atoms with Crippen LogP contribution in [0.5, 0.6) is 0 Å². The van der Waals surface area contributed by atoms with Crippen molar-refractivity contribution in [3.63, 3.8) is 0 Å². The minimum absolute atomic E-state index is 0.212. The second-order valence-corrected chi connectivity index (χ2v) is 7.27. The Labute approximate surface area is 126 Å². The first-order valence-corrected chi connectivity index (χ1v) is 8.08. The van der Waals surface area contributed by atoms with E-state index < -0.39 is 11.4 Å². The van der Waals surface area contributed by atoms with Crippen LogP contribution in [0.2, 0.25) is 0 Å². The van der Waals surface area contributed by atoms with Gasteiger partial charge in [-0.3, -0.25) is 0 Å². The number of esters is 1. The lowest BCUT2D eigenvalue weighted by Crippen LogP contribution is -2.62. The van der Waals surface area contributed by atoms with E-state index in [1.54, 1.807) is 0 Å². The third kappa shape index (κ3) is 1.85. The molecule has 0 amide bonds.